The van der Waals surface area contributed by atoms with E-state index in [1.165, 1.54) is 30.3 Å². The predicted octanol–water partition coefficient (Wildman–Crippen LogP) is 6.29. The number of carbonyl (C=O) groups excluding carboxylic acids is 1. The van der Waals surface area contributed by atoms with Crippen molar-refractivity contribution < 1.29 is 14.7 Å². The minimum atomic E-state index is -1.18. The fourth-order valence-corrected chi connectivity index (χ4v) is 3.22. The predicted molar refractivity (Wildman–Crippen MR) is 122 cm³/mol. The van der Waals surface area contributed by atoms with Crippen molar-refractivity contribution in [3.8, 4) is 11.1 Å². The Hall–Kier alpha value is -2.96. The molecule has 1 amide bonds. The van der Waals surface area contributed by atoms with Crippen molar-refractivity contribution in [3.05, 3.63) is 75.3 Å². The molecular weight excluding hydrogens is 425 g/mol. The second kappa shape index (κ2) is 10.2. The minimum Gasteiger partial charge on any atom is -0.478 e. The molecule has 0 bridgehead atoms. The fraction of sp³-hybridized carbons (Fsp3) is 0.182. The number of hydrogen-bond donors (Lipinski definition) is 2. The van der Waals surface area contributed by atoms with Crippen molar-refractivity contribution in [2.75, 3.05) is 5.32 Å². The minimum absolute atomic E-state index is 0. The van der Waals surface area contributed by atoms with Crippen LogP contribution in [-0.2, 0) is 0 Å². The molecule has 0 saturated carbocycles. The van der Waals surface area contributed by atoms with Gasteiger partial charge >= 0.3 is 5.97 Å². The van der Waals surface area contributed by atoms with Gasteiger partial charge in [0.2, 0.25) is 0 Å². The number of carboxylic acids is 1. The molecule has 2 aromatic carbocycles. The van der Waals surface area contributed by atoms with Gasteiger partial charge in [0.1, 0.15) is 5.82 Å². The molecule has 2 N–H and O–H groups in total. The van der Waals surface area contributed by atoms with E-state index in [9.17, 15) is 14.7 Å². The molecule has 6 nitrogen and oxygen atoms in total. The van der Waals surface area contributed by atoms with Gasteiger partial charge in [-0.2, -0.15) is 0 Å². The number of aryl methyl sites for hydroxylation is 2. The first-order valence-electron chi connectivity index (χ1n) is 8.20. The van der Waals surface area contributed by atoms with E-state index in [1.807, 2.05) is 6.92 Å². The van der Waals surface area contributed by atoms with Crippen LogP contribution in [0.2, 0.25) is 10.0 Å². The van der Waals surface area contributed by atoms with Crippen LogP contribution in [0.4, 0.5) is 5.69 Å². The van der Waals surface area contributed by atoms with Crippen LogP contribution in [0.5, 0.6) is 0 Å². The average Bonchev–Trinajstić information content (AvgIpc) is 2.62. The van der Waals surface area contributed by atoms with Crippen LogP contribution in [0.15, 0.2) is 42.6 Å². The Labute approximate surface area is 185 Å². The van der Waals surface area contributed by atoms with Crippen LogP contribution in [0.25, 0.3) is 11.1 Å². The molecule has 1 heterocycles. The molecule has 8 heteroatoms. The highest BCUT2D eigenvalue weighted by Gasteiger charge is 2.17. The fourth-order valence-electron chi connectivity index (χ4n) is 2.73. The quantitative estimate of drug-likeness (QED) is 0.489. The molecule has 3 rings (SSSR count). The van der Waals surface area contributed by atoms with Crippen molar-refractivity contribution >= 4 is 40.8 Å². The monoisotopic (exact) mass is 447 g/mol. The third-order valence-corrected chi connectivity index (χ3v) is 4.63. The van der Waals surface area contributed by atoms with E-state index in [0.717, 1.165) is 5.69 Å². The largest absolute Gasteiger partial charge is 0.478 e. The lowest BCUT2D eigenvalue weighted by Crippen LogP contribution is -2.15. The maximum absolute atomic E-state index is 12.5. The number of anilines is 1. The van der Waals surface area contributed by atoms with E-state index in [0.29, 0.717) is 22.0 Å². The number of carbonyl (C=O) groups is 2. The smallest absolute Gasteiger partial charge is 0.337 e. The Morgan fingerprint density at radius 1 is 1.00 bits per heavy atom. The highest BCUT2D eigenvalue weighted by Crippen LogP contribution is 2.28. The van der Waals surface area contributed by atoms with Crippen LogP contribution in [0.1, 0.15) is 47.1 Å². The van der Waals surface area contributed by atoms with Gasteiger partial charge in [-0.25, -0.2) is 14.8 Å². The summed E-state index contributed by atoms with van der Waals surface area (Å²) in [5, 5.41) is 12.8. The number of aromatic carboxylic acids is 1. The number of rotatable bonds is 4. The summed E-state index contributed by atoms with van der Waals surface area (Å²) in [6, 6.07) is 9.15. The lowest BCUT2D eigenvalue weighted by molar-refractivity contribution is 0.0698. The second-order valence-corrected chi connectivity index (χ2v) is 6.90. The van der Waals surface area contributed by atoms with E-state index in [-0.39, 0.29) is 36.7 Å². The van der Waals surface area contributed by atoms with Crippen molar-refractivity contribution in [2.24, 2.45) is 0 Å². The lowest BCUT2D eigenvalue weighted by atomic mass is 10.0. The summed E-state index contributed by atoms with van der Waals surface area (Å²) in [6.07, 6.45) is 1.64. The topological polar surface area (TPSA) is 92.2 Å². The molecule has 0 saturated heterocycles. The Morgan fingerprint density at radius 3 is 2.30 bits per heavy atom. The van der Waals surface area contributed by atoms with Crippen molar-refractivity contribution in [3.63, 3.8) is 0 Å². The first-order valence-corrected chi connectivity index (χ1v) is 8.96. The number of nitrogens with one attached hydrogen (secondary N) is 1. The molecule has 0 atom stereocenters. The van der Waals surface area contributed by atoms with Gasteiger partial charge in [0.15, 0.2) is 0 Å². The van der Waals surface area contributed by atoms with Crippen LogP contribution < -0.4 is 5.32 Å². The van der Waals surface area contributed by atoms with Crippen LogP contribution in [0.3, 0.4) is 0 Å². The van der Waals surface area contributed by atoms with E-state index >= 15 is 0 Å². The molecule has 0 aliphatic rings. The number of halogens is 2. The van der Waals surface area contributed by atoms with Crippen LogP contribution in [0, 0.1) is 13.8 Å². The Balaban J connectivity index is 0.00000225. The van der Waals surface area contributed by atoms with E-state index in [1.54, 1.807) is 19.2 Å². The number of nitrogens with zero attached hydrogens (tertiary/aromatic N) is 2. The Morgan fingerprint density at radius 2 is 1.70 bits per heavy atom. The van der Waals surface area contributed by atoms with Gasteiger partial charge in [0, 0.05) is 22.5 Å². The van der Waals surface area contributed by atoms with Crippen molar-refractivity contribution in [1.29, 1.82) is 0 Å². The van der Waals surface area contributed by atoms with E-state index in [2.05, 4.69) is 15.3 Å². The zero-order valence-electron chi connectivity index (χ0n) is 15.0. The molecule has 0 unspecified atom stereocenters. The second-order valence-electron chi connectivity index (χ2n) is 6.06. The summed E-state index contributed by atoms with van der Waals surface area (Å²) >= 11 is 11.9. The van der Waals surface area contributed by atoms with Gasteiger partial charge < -0.3 is 10.4 Å². The van der Waals surface area contributed by atoms with Crippen LogP contribution in [-0.4, -0.2) is 27.0 Å². The van der Waals surface area contributed by atoms with E-state index in [4.69, 9.17) is 23.2 Å². The lowest BCUT2D eigenvalue weighted by Gasteiger charge is -2.12. The Bertz CT molecular complexity index is 1100. The summed E-state index contributed by atoms with van der Waals surface area (Å²) in [6.45, 7) is 3.60. The summed E-state index contributed by atoms with van der Waals surface area (Å²) in [5.74, 6) is -1.08. The zero-order valence-corrected chi connectivity index (χ0v) is 16.5. The SMILES string of the molecule is C.C.Cc1ncc(-c2ccc(NC(=O)c3ccc(Cl)cc3Cl)c(C(=O)O)c2)c(C)n1. The third kappa shape index (κ3) is 5.34. The van der Waals surface area contributed by atoms with Gasteiger partial charge in [0.05, 0.1) is 21.8 Å². The Kier molecular flexibility index (Phi) is 8.51. The molecule has 0 fully saturated rings. The first-order chi connectivity index (χ1) is 13.3. The molecule has 1 aromatic heterocycles. The maximum Gasteiger partial charge on any atom is 0.337 e. The molecule has 0 aliphatic heterocycles. The summed E-state index contributed by atoms with van der Waals surface area (Å²) < 4.78 is 0. The first kappa shape index (κ1) is 25.1. The standard InChI is InChI=1S/C20H15Cl2N3O3.2CH4/c1-10-16(9-23-11(2)24-10)12-3-6-18(15(7-12)20(27)28)25-19(26)14-5-4-13(21)8-17(14)22;;/h3-9H,1-2H3,(H,25,26)(H,27,28);2*1H4. The van der Waals surface area contributed by atoms with Gasteiger partial charge in [-0.15, -0.1) is 0 Å². The molecule has 3 aromatic rings. The summed E-state index contributed by atoms with van der Waals surface area (Å²) in [5.41, 5.74) is 2.36. The number of benzene rings is 2. The van der Waals surface area contributed by atoms with Crippen molar-refractivity contribution in [1.82, 2.24) is 9.97 Å². The summed E-state index contributed by atoms with van der Waals surface area (Å²) in [4.78, 5) is 32.7. The van der Waals surface area contributed by atoms with Gasteiger partial charge in [-0.3, -0.25) is 4.79 Å². The molecule has 0 radical (unpaired) electrons. The average molecular weight is 448 g/mol. The van der Waals surface area contributed by atoms with E-state index < -0.39 is 11.9 Å². The molecule has 0 spiro atoms. The summed E-state index contributed by atoms with van der Waals surface area (Å²) in [7, 11) is 0. The highest BCUT2D eigenvalue weighted by atomic mass is 35.5. The van der Waals surface area contributed by atoms with Gasteiger partial charge in [-0.05, 0) is 49.7 Å². The molecule has 0 aliphatic carbocycles. The number of amides is 1. The van der Waals surface area contributed by atoms with Gasteiger partial charge in [-0.1, -0.05) is 44.1 Å². The number of hydrogen-bond acceptors (Lipinski definition) is 4. The van der Waals surface area contributed by atoms with Crippen LogP contribution >= 0.6 is 23.2 Å². The maximum atomic E-state index is 12.5. The number of aromatic nitrogens is 2. The normalized spacial score (nSPS) is 9.87. The third-order valence-electron chi connectivity index (χ3n) is 4.08. The highest BCUT2D eigenvalue weighted by molar-refractivity contribution is 6.37. The molecule has 158 valence electrons. The van der Waals surface area contributed by atoms with Crippen molar-refractivity contribution in [2.45, 2.75) is 28.7 Å². The van der Waals surface area contributed by atoms with Gasteiger partial charge in [0.25, 0.3) is 5.91 Å². The number of carboxylic acid groups (broad SMARTS) is 1. The zero-order chi connectivity index (χ0) is 20.4. The molecule has 30 heavy (non-hydrogen) atoms. The molecular formula is C22H23Cl2N3O3.